The Bertz CT molecular complexity index is 913. The molecule has 2 amide bonds. The fourth-order valence-corrected chi connectivity index (χ4v) is 2.35. The number of carbonyl (C=O) groups excluding carboxylic acids is 2. The lowest BCUT2D eigenvalue weighted by Crippen LogP contribution is -2.17. The van der Waals surface area contributed by atoms with E-state index in [1.165, 1.54) is 12.3 Å². The molecule has 124 valence electrons. The molecule has 6 heteroatoms. The van der Waals surface area contributed by atoms with E-state index in [0.717, 1.165) is 0 Å². The first-order chi connectivity index (χ1) is 12.1. The largest absolute Gasteiger partial charge is 0.322 e. The van der Waals surface area contributed by atoms with Gasteiger partial charge < -0.3 is 10.6 Å². The highest BCUT2D eigenvalue weighted by Crippen LogP contribution is 2.21. The van der Waals surface area contributed by atoms with Crippen LogP contribution in [0.5, 0.6) is 0 Å². The lowest BCUT2D eigenvalue weighted by Gasteiger charge is -2.08. The van der Waals surface area contributed by atoms with E-state index in [2.05, 4.69) is 15.6 Å². The molecule has 0 bridgehead atoms. The van der Waals surface area contributed by atoms with Crippen molar-refractivity contribution in [1.29, 1.82) is 0 Å². The molecule has 3 aromatic rings. The van der Waals surface area contributed by atoms with Gasteiger partial charge in [0.05, 0.1) is 10.7 Å². The van der Waals surface area contributed by atoms with E-state index in [0.29, 0.717) is 22.0 Å². The van der Waals surface area contributed by atoms with E-state index >= 15 is 0 Å². The summed E-state index contributed by atoms with van der Waals surface area (Å²) in [5, 5.41) is 5.87. The Morgan fingerprint density at radius 3 is 2.32 bits per heavy atom. The molecule has 2 aromatic carbocycles. The predicted octanol–water partition coefficient (Wildman–Crippen LogP) is 4.24. The maximum Gasteiger partial charge on any atom is 0.274 e. The molecular weight excluding hydrogens is 338 g/mol. The first-order valence-electron chi connectivity index (χ1n) is 7.52. The summed E-state index contributed by atoms with van der Waals surface area (Å²) in [4.78, 5) is 28.7. The van der Waals surface area contributed by atoms with Crippen molar-refractivity contribution < 1.29 is 9.59 Å². The summed E-state index contributed by atoms with van der Waals surface area (Å²) in [5.74, 6) is -0.761. The van der Waals surface area contributed by atoms with Gasteiger partial charge in [-0.25, -0.2) is 0 Å². The second-order valence-electron chi connectivity index (χ2n) is 5.18. The summed E-state index contributed by atoms with van der Waals surface area (Å²) in [6.07, 6.45) is 1.42. The number of para-hydroxylation sites is 2. The van der Waals surface area contributed by atoms with E-state index in [1.54, 1.807) is 42.5 Å². The topological polar surface area (TPSA) is 71.1 Å². The third-order valence-electron chi connectivity index (χ3n) is 3.41. The molecule has 1 aromatic heterocycles. The predicted molar refractivity (Wildman–Crippen MR) is 98.0 cm³/mol. The molecule has 0 atom stereocenters. The van der Waals surface area contributed by atoms with Crippen LogP contribution in [0.25, 0.3) is 0 Å². The van der Waals surface area contributed by atoms with Crippen LogP contribution in [0, 0.1) is 0 Å². The second-order valence-corrected chi connectivity index (χ2v) is 5.59. The van der Waals surface area contributed by atoms with E-state index < -0.39 is 5.91 Å². The zero-order chi connectivity index (χ0) is 17.6. The van der Waals surface area contributed by atoms with Gasteiger partial charge in [-0.3, -0.25) is 14.6 Å². The molecule has 0 saturated heterocycles. The number of halogens is 1. The van der Waals surface area contributed by atoms with Gasteiger partial charge in [-0.2, -0.15) is 0 Å². The number of aromatic nitrogens is 1. The molecule has 0 radical (unpaired) electrons. The summed E-state index contributed by atoms with van der Waals surface area (Å²) < 4.78 is 0. The number of rotatable bonds is 4. The molecule has 3 rings (SSSR count). The maximum absolute atomic E-state index is 12.3. The Hall–Kier alpha value is -3.18. The number of hydrogen-bond acceptors (Lipinski definition) is 3. The molecule has 0 unspecified atom stereocenters. The van der Waals surface area contributed by atoms with Gasteiger partial charge in [0.2, 0.25) is 0 Å². The van der Waals surface area contributed by atoms with Crippen LogP contribution >= 0.6 is 11.6 Å². The summed E-state index contributed by atoms with van der Waals surface area (Å²) in [7, 11) is 0. The molecule has 1 heterocycles. The average molecular weight is 352 g/mol. The minimum atomic E-state index is -0.442. The van der Waals surface area contributed by atoms with Crippen LogP contribution < -0.4 is 10.6 Å². The molecule has 0 aliphatic carbocycles. The maximum atomic E-state index is 12.3. The summed E-state index contributed by atoms with van der Waals surface area (Å²) in [6.45, 7) is 0. The first-order valence-corrected chi connectivity index (χ1v) is 7.89. The fraction of sp³-hybridized carbons (Fsp3) is 0. The second kappa shape index (κ2) is 7.59. The summed E-state index contributed by atoms with van der Waals surface area (Å²) >= 11 is 6.03. The Morgan fingerprint density at radius 2 is 1.56 bits per heavy atom. The Labute approximate surface area is 149 Å². The molecule has 0 aliphatic heterocycles. The standard InChI is InChI=1S/C19H14ClN3O2/c20-15-8-4-5-9-16(15)23-19(25)17-12-13(10-11-21-17)18(24)22-14-6-2-1-3-7-14/h1-12H,(H,22,24)(H,23,25). The molecule has 0 spiro atoms. The molecule has 0 saturated carbocycles. The molecule has 2 N–H and O–H groups in total. The number of hydrogen-bond donors (Lipinski definition) is 2. The minimum Gasteiger partial charge on any atom is -0.322 e. The van der Waals surface area contributed by atoms with Crippen molar-refractivity contribution >= 4 is 34.8 Å². The van der Waals surface area contributed by atoms with Gasteiger partial charge >= 0.3 is 0 Å². The molecular formula is C19H14ClN3O2. The highest BCUT2D eigenvalue weighted by molar-refractivity contribution is 6.33. The lowest BCUT2D eigenvalue weighted by atomic mass is 10.2. The average Bonchev–Trinajstić information content (AvgIpc) is 2.64. The van der Waals surface area contributed by atoms with Gasteiger partial charge in [0.25, 0.3) is 11.8 Å². The zero-order valence-corrected chi connectivity index (χ0v) is 13.8. The third-order valence-corrected chi connectivity index (χ3v) is 3.74. The van der Waals surface area contributed by atoms with Crippen molar-refractivity contribution in [2.45, 2.75) is 0 Å². The van der Waals surface area contributed by atoms with Crippen LogP contribution in [-0.4, -0.2) is 16.8 Å². The van der Waals surface area contributed by atoms with Gasteiger partial charge in [-0.05, 0) is 36.4 Å². The van der Waals surface area contributed by atoms with Crippen LogP contribution in [-0.2, 0) is 0 Å². The third kappa shape index (κ3) is 4.22. The highest BCUT2D eigenvalue weighted by Gasteiger charge is 2.13. The van der Waals surface area contributed by atoms with E-state index in [1.807, 2.05) is 18.2 Å². The number of nitrogens with one attached hydrogen (secondary N) is 2. The number of amides is 2. The first kappa shape index (κ1) is 16.7. The van der Waals surface area contributed by atoms with Crippen LogP contribution in [0.1, 0.15) is 20.8 Å². The van der Waals surface area contributed by atoms with Crippen molar-refractivity contribution in [3.05, 3.63) is 89.2 Å². The number of pyridine rings is 1. The number of anilines is 2. The molecule has 0 fully saturated rings. The smallest absolute Gasteiger partial charge is 0.274 e. The minimum absolute atomic E-state index is 0.126. The normalized spacial score (nSPS) is 10.1. The Balaban J connectivity index is 1.76. The monoisotopic (exact) mass is 351 g/mol. The van der Waals surface area contributed by atoms with E-state index in [-0.39, 0.29) is 11.6 Å². The lowest BCUT2D eigenvalue weighted by molar-refractivity contribution is 0.102. The van der Waals surface area contributed by atoms with Gasteiger partial charge in [-0.15, -0.1) is 0 Å². The summed E-state index contributed by atoms with van der Waals surface area (Å²) in [6, 6.07) is 18.9. The van der Waals surface area contributed by atoms with Gasteiger partial charge in [-0.1, -0.05) is 41.9 Å². The highest BCUT2D eigenvalue weighted by atomic mass is 35.5. The van der Waals surface area contributed by atoms with Crippen molar-refractivity contribution in [1.82, 2.24) is 4.98 Å². The van der Waals surface area contributed by atoms with Crippen molar-refractivity contribution in [3.63, 3.8) is 0 Å². The van der Waals surface area contributed by atoms with Crippen LogP contribution in [0.15, 0.2) is 72.9 Å². The molecule has 0 aliphatic rings. The fourth-order valence-electron chi connectivity index (χ4n) is 2.17. The number of nitrogens with zero attached hydrogens (tertiary/aromatic N) is 1. The van der Waals surface area contributed by atoms with Crippen molar-refractivity contribution in [2.24, 2.45) is 0 Å². The van der Waals surface area contributed by atoms with Gasteiger partial charge in [0, 0.05) is 17.4 Å². The van der Waals surface area contributed by atoms with Crippen LogP contribution in [0.3, 0.4) is 0 Å². The van der Waals surface area contributed by atoms with E-state index in [9.17, 15) is 9.59 Å². The van der Waals surface area contributed by atoms with Crippen molar-refractivity contribution in [2.75, 3.05) is 10.6 Å². The molecule has 5 nitrogen and oxygen atoms in total. The SMILES string of the molecule is O=C(Nc1ccccc1)c1ccnc(C(=O)Nc2ccccc2Cl)c1. The Morgan fingerprint density at radius 1 is 0.840 bits per heavy atom. The van der Waals surface area contributed by atoms with Gasteiger partial charge in [0.15, 0.2) is 0 Å². The van der Waals surface area contributed by atoms with Crippen LogP contribution in [0.4, 0.5) is 11.4 Å². The zero-order valence-electron chi connectivity index (χ0n) is 13.1. The Kier molecular flexibility index (Phi) is 5.06. The molecule has 25 heavy (non-hydrogen) atoms. The van der Waals surface area contributed by atoms with Crippen LogP contribution in [0.2, 0.25) is 5.02 Å². The van der Waals surface area contributed by atoms with E-state index in [4.69, 9.17) is 11.6 Å². The summed E-state index contributed by atoms with van der Waals surface area (Å²) in [5.41, 5.74) is 1.62. The number of benzene rings is 2. The van der Waals surface area contributed by atoms with Gasteiger partial charge in [0.1, 0.15) is 5.69 Å². The van der Waals surface area contributed by atoms with Crippen molar-refractivity contribution in [3.8, 4) is 0 Å². The quantitative estimate of drug-likeness (QED) is 0.738. The number of carbonyl (C=O) groups is 2.